The summed E-state index contributed by atoms with van der Waals surface area (Å²) < 4.78 is 11.4. The summed E-state index contributed by atoms with van der Waals surface area (Å²) in [5.41, 5.74) is 0.803. The zero-order valence-electron chi connectivity index (χ0n) is 13.5. The number of halogens is 1. The van der Waals surface area contributed by atoms with Gasteiger partial charge in [0.05, 0.1) is 6.04 Å². The predicted molar refractivity (Wildman–Crippen MR) is 94.3 cm³/mol. The van der Waals surface area contributed by atoms with Crippen molar-refractivity contribution in [1.82, 2.24) is 5.32 Å². The van der Waals surface area contributed by atoms with E-state index in [1.165, 1.54) is 0 Å². The first-order chi connectivity index (χ1) is 11.5. The van der Waals surface area contributed by atoms with Crippen LogP contribution in [-0.2, 0) is 4.79 Å². The number of amides is 1. The lowest BCUT2D eigenvalue weighted by Crippen LogP contribution is -2.37. The Morgan fingerprint density at radius 3 is 2.67 bits per heavy atom. The Morgan fingerprint density at radius 1 is 1.12 bits per heavy atom. The number of ether oxygens (including phenoxy) is 1. The summed E-state index contributed by atoms with van der Waals surface area (Å²) >= 11 is 5.92. The minimum absolute atomic E-state index is 0.220. The van der Waals surface area contributed by atoms with Crippen molar-refractivity contribution in [3.8, 4) is 5.75 Å². The Labute approximate surface area is 145 Å². The number of fused-ring (bicyclic) bond motifs is 1. The molecule has 0 saturated heterocycles. The Kier molecular flexibility index (Phi) is 4.76. The van der Waals surface area contributed by atoms with Crippen LogP contribution in [0.15, 0.2) is 59.0 Å². The molecule has 2 aromatic carbocycles. The number of para-hydroxylation sites is 1. The van der Waals surface area contributed by atoms with E-state index in [1.807, 2.05) is 37.3 Å². The van der Waals surface area contributed by atoms with E-state index in [-0.39, 0.29) is 11.9 Å². The smallest absolute Gasteiger partial charge is 0.261 e. The van der Waals surface area contributed by atoms with Crippen molar-refractivity contribution in [2.24, 2.45) is 0 Å². The lowest BCUT2D eigenvalue weighted by Gasteiger charge is -2.17. The highest BCUT2D eigenvalue weighted by Gasteiger charge is 2.20. The van der Waals surface area contributed by atoms with E-state index in [4.69, 9.17) is 20.8 Å². The molecule has 1 amide bonds. The van der Waals surface area contributed by atoms with E-state index in [9.17, 15) is 4.79 Å². The average molecular weight is 344 g/mol. The van der Waals surface area contributed by atoms with Gasteiger partial charge in [-0.25, -0.2) is 0 Å². The second kappa shape index (κ2) is 6.97. The summed E-state index contributed by atoms with van der Waals surface area (Å²) in [6.45, 7) is 3.57. The van der Waals surface area contributed by atoms with Gasteiger partial charge in [0, 0.05) is 10.4 Å². The third-order valence-electron chi connectivity index (χ3n) is 3.71. The molecular weight excluding hydrogens is 326 g/mol. The molecule has 0 aliphatic carbocycles. The van der Waals surface area contributed by atoms with Crippen molar-refractivity contribution in [3.63, 3.8) is 0 Å². The molecule has 2 atom stereocenters. The van der Waals surface area contributed by atoms with Gasteiger partial charge in [0.1, 0.15) is 17.1 Å². The molecule has 2 unspecified atom stereocenters. The van der Waals surface area contributed by atoms with Crippen molar-refractivity contribution in [2.75, 3.05) is 0 Å². The third-order valence-corrected chi connectivity index (χ3v) is 3.94. The topological polar surface area (TPSA) is 51.5 Å². The summed E-state index contributed by atoms with van der Waals surface area (Å²) in [6.07, 6.45) is -0.643. The molecule has 3 aromatic rings. The maximum absolute atomic E-state index is 12.3. The van der Waals surface area contributed by atoms with Gasteiger partial charge in [-0.05, 0) is 44.2 Å². The van der Waals surface area contributed by atoms with Crippen LogP contribution in [-0.4, -0.2) is 12.0 Å². The lowest BCUT2D eigenvalue weighted by atomic mass is 10.2. The SMILES string of the molecule is CC(Oc1cccc(Cl)c1)C(=O)NC(C)c1cc2ccccc2o1. The number of benzene rings is 2. The van der Waals surface area contributed by atoms with Crippen molar-refractivity contribution in [2.45, 2.75) is 26.0 Å². The predicted octanol–water partition coefficient (Wildman–Crippen LogP) is 4.73. The molecule has 1 N–H and O–H groups in total. The molecule has 4 nitrogen and oxygen atoms in total. The summed E-state index contributed by atoms with van der Waals surface area (Å²) in [5.74, 6) is 1.05. The largest absolute Gasteiger partial charge is 0.481 e. The van der Waals surface area contributed by atoms with Crippen LogP contribution in [0.3, 0.4) is 0 Å². The van der Waals surface area contributed by atoms with Gasteiger partial charge < -0.3 is 14.5 Å². The number of hydrogen-bond acceptors (Lipinski definition) is 3. The molecule has 0 bridgehead atoms. The summed E-state index contributed by atoms with van der Waals surface area (Å²) in [6, 6.07) is 16.4. The van der Waals surface area contributed by atoms with Gasteiger partial charge in [-0.1, -0.05) is 35.9 Å². The Balaban J connectivity index is 1.64. The second-order valence-corrected chi connectivity index (χ2v) is 6.07. The zero-order valence-corrected chi connectivity index (χ0v) is 14.2. The molecule has 0 fully saturated rings. The molecule has 1 heterocycles. The number of rotatable bonds is 5. The second-order valence-electron chi connectivity index (χ2n) is 5.63. The summed E-state index contributed by atoms with van der Waals surface area (Å²) in [4.78, 5) is 12.3. The molecule has 1 aromatic heterocycles. The number of hydrogen-bond donors (Lipinski definition) is 1. The fourth-order valence-corrected chi connectivity index (χ4v) is 2.60. The van der Waals surface area contributed by atoms with E-state index < -0.39 is 6.10 Å². The van der Waals surface area contributed by atoms with Crippen molar-refractivity contribution in [3.05, 3.63) is 65.4 Å². The van der Waals surface area contributed by atoms with Crippen LogP contribution in [0.4, 0.5) is 0 Å². The van der Waals surface area contributed by atoms with Gasteiger partial charge in [-0.2, -0.15) is 0 Å². The van der Waals surface area contributed by atoms with Crippen LogP contribution >= 0.6 is 11.6 Å². The molecule has 0 aliphatic heterocycles. The first-order valence-electron chi connectivity index (χ1n) is 7.74. The zero-order chi connectivity index (χ0) is 17.1. The van der Waals surface area contributed by atoms with E-state index in [0.717, 1.165) is 11.0 Å². The van der Waals surface area contributed by atoms with Crippen molar-refractivity contribution < 1.29 is 13.9 Å². The third kappa shape index (κ3) is 3.71. The number of carbonyl (C=O) groups excluding carboxylic acids is 1. The summed E-state index contributed by atoms with van der Waals surface area (Å²) in [7, 11) is 0. The fraction of sp³-hybridized carbons (Fsp3) is 0.211. The Bertz CT molecular complexity index is 825. The first kappa shape index (κ1) is 16.4. The van der Waals surface area contributed by atoms with Gasteiger partial charge in [0.15, 0.2) is 6.10 Å². The highest BCUT2D eigenvalue weighted by molar-refractivity contribution is 6.30. The van der Waals surface area contributed by atoms with E-state index >= 15 is 0 Å². The van der Waals surface area contributed by atoms with Gasteiger partial charge in [0.25, 0.3) is 5.91 Å². The Hall–Kier alpha value is -2.46. The quantitative estimate of drug-likeness (QED) is 0.728. The van der Waals surface area contributed by atoms with Crippen LogP contribution in [0.2, 0.25) is 5.02 Å². The Morgan fingerprint density at radius 2 is 1.92 bits per heavy atom. The van der Waals surface area contributed by atoms with E-state index in [1.54, 1.807) is 31.2 Å². The van der Waals surface area contributed by atoms with Crippen LogP contribution in [0.1, 0.15) is 25.6 Å². The monoisotopic (exact) mass is 343 g/mol. The van der Waals surface area contributed by atoms with Crippen molar-refractivity contribution in [1.29, 1.82) is 0 Å². The molecule has 0 saturated carbocycles. The molecule has 3 rings (SSSR count). The molecule has 124 valence electrons. The minimum Gasteiger partial charge on any atom is -0.481 e. The molecule has 0 spiro atoms. The first-order valence-corrected chi connectivity index (χ1v) is 8.12. The fourth-order valence-electron chi connectivity index (χ4n) is 2.42. The van der Waals surface area contributed by atoms with Gasteiger partial charge in [-0.3, -0.25) is 4.79 Å². The number of nitrogens with one attached hydrogen (secondary N) is 1. The normalized spacial score (nSPS) is 13.5. The van der Waals surface area contributed by atoms with Crippen molar-refractivity contribution >= 4 is 28.5 Å². The van der Waals surface area contributed by atoms with Crippen LogP contribution in [0.5, 0.6) is 5.75 Å². The van der Waals surface area contributed by atoms with E-state index in [2.05, 4.69) is 5.32 Å². The summed E-state index contributed by atoms with van der Waals surface area (Å²) in [5, 5.41) is 4.48. The number of furan rings is 1. The van der Waals surface area contributed by atoms with Crippen LogP contribution in [0, 0.1) is 0 Å². The standard InChI is InChI=1S/C19H18ClNO3/c1-12(18-10-14-6-3-4-9-17(14)24-18)21-19(22)13(2)23-16-8-5-7-15(20)11-16/h3-13H,1-2H3,(H,21,22). The van der Waals surface area contributed by atoms with Gasteiger partial charge in [0.2, 0.25) is 0 Å². The molecule has 24 heavy (non-hydrogen) atoms. The highest BCUT2D eigenvalue weighted by atomic mass is 35.5. The lowest BCUT2D eigenvalue weighted by molar-refractivity contribution is -0.128. The van der Waals surface area contributed by atoms with E-state index in [0.29, 0.717) is 16.5 Å². The van der Waals surface area contributed by atoms with Gasteiger partial charge in [-0.15, -0.1) is 0 Å². The maximum atomic E-state index is 12.3. The molecular formula is C19H18ClNO3. The van der Waals surface area contributed by atoms with Crippen LogP contribution < -0.4 is 10.1 Å². The van der Waals surface area contributed by atoms with Crippen LogP contribution in [0.25, 0.3) is 11.0 Å². The molecule has 0 aliphatic rings. The average Bonchev–Trinajstić information content (AvgIpc) is 2.99. The molecule has 5 heteroatoms. The maximum Gasteiger partial charge on any atom is 0.261 e. The highest BCUT2D eigenvalue weighted by Crippen LogP contribution is 2.24. The number of carbonyl (C=O) groups is 1. The minimum atomic E-state index is -0.643. The van der Waals surface area contributed by atoms with Gasteiger partial charge >= 0.3 is 0 Å². The molecule has 0 radical (unpaired) electrons.